The van der Waals surface area contributed by atoms with Crippen molar-refractivity contribution in [3.8, 4) is 0 Å². The Morgan fingerprint density at radius 2 is 1.48 bits per heavy atom. The van der Waals surface area contributed by atoms with Crippen molar-refractivity contribution in [1.29, 1.82) is 0 Å². The van der Waals surface area contributed by atoms with Crippen LogP contribution >= 0.6 is 0 Å². The fourth-order valence-electron chi connectivity index (χ4n) is 10.8. The molecule has 272 valence electrons. The van der Waals surface area contributed by atoms with Crippen molar-refractivity contribution < 1.29 is 26.7 Å². The summed E-state index contributed by atoms with van der Waals surface area (Å²) in [6.45, 7) is 31.4. The predicted molar refractivity (Wildman–Crippen MR) is 193 cm³/mol. The number of aliphatic hydroxyl groups is 1. The van der Waals surface area contributed by atoms with E-state index >= 15 is 0 Å². The molecule has 4 saturated carbocycles. The van der Waals surface area contributed by atoms with Gasteiger partial charge in [-0.05, 0) is 141 Å². The van der Waals surface area contributed by atoms with Crippen LogP contribution in [0.1, 0.15) is 127 Å². The van der Waals surface area contributed by atoms with Crippen LogP contribution in [0.4, 0.5) is 0 Å². The van der Waals surface area contributed by atoms with Crippen LogP contribution in [0, 0.1) is 52.3 Å². The highest BCUT2D eigenvalue weighted by molar-refractivity contribution is 7.80. The molecule has 4 aliphatic carbocycles. The smallest absolute Gasteiger partial charge is 0.397 e. The molecule has 2 N–H and O–H groups in total. The van der Waals surface area contributed by atoms with Gasteiger partial charge in [0.25, 0.3) is 0 Å². The molecule has 46 heavy (non-hydrogen) atoms. The molecule has 0 amide bonds. The SMILES string of the molecule is CCN(CC)CC.CC[C@H]1[C@@H](O)C2C3CC[C@H]([C@H](C)CCOS(=O)(=O)O)[C@@]3(C)CCC2[C@@]2(C)CC[C@@H](O[Si](C)(C)C(C)(C)C)C[C@@H]12. The molecule has 0 saturated heterocycles. The number of aliphatic hydroxyl groups excluding tert-OH is 1. The molecular weight excluding hydrogens is 615 g/mol. The molecule has 7 nitrogen and oxygen atoms in total. The van der Waals surface area contributed by atoms with Crippen LogP contribution in [0.2, 0.25) is 18.1 Å². The molecule has 0 aliphatic heterocycles. The minimum absolute atomic E-state index is 0.0295. The molecule has 4 rings (SSSR count). The van der Waals surface area contributed by atoms with Gasteiger partial charge in [0.15, 0.2) is 8.32 Å². The molecule has 0 bridgehead atoms. The van der Waals surface area contributed by atoms with Gasteiger partial charge >= 0.3 is 10.4 Å². The Morgan fingerprint density at radius 3 is 1.98 bits per heavy atom. The van der Waals surface area contributed by atoms with E-state index in [1.54, 1.807) is 0 Å². The summed E-state index contributed by atoms with van der Waals surface area (Å²) in [4.78, 5) is 2.38. The molecule has 0 heterocycles. The maximum Gasteiger partial charge on any atom is 0.397 e. The van der Waals surface area contributed by atoms with Gasteiger partial charge in [0, 0.05) is 6.10 Å². The van der Waals surface area contributed by atoms with Crippen molar-refractivity contribution in [1.82, 2.24) is 4.90 Å². The Kier molecular flexibility index (Phi) is 13.6. The van der Waals surface area contributed by atoms with Crippen LogP contribution in [-0.4, -0.2) is 69.7 Å². The molecular formula is C37H73NO6SSi. The minimum atomic E-state index is -4.39. The summed E-state index contributed by atoms with van der Waals surface area (Å²) in [6.07, 6.45) is 9.78. The van der Waals surface area contributed by atoms with Crippen LogP contribution in [0.5, 0.6) is 0 Å². The number of hydrogen-bond donors (Lipinski definition) is 2. The van der Waals surface area contributed by atoms with E-state index in [4.69, 9.17) is 8.98 Å². The second-order valence-corrected chi connectivity index (χ2v) is 23.5. The third-order valence-electron chi connectivity index (χ3n) is 14.5. The highest BCUT2D eigenvalue weighted by Gasteiger charge is 2.65. The summed E-state index contributed by atoms with van der Waals surface area (Å²) in [5.74, 6) is 3.05. The fraction of sp³-hybridized carbons (Fsp3) is 1.00. The van der Waals surface area contributed by atoms with Gasteiger partial charge in [-0.3, -0.25) is 4.55 Å². The lowest BCUT2D eigenvalue weighted by molar-refractivity contribution is -0.202. The van der Waals surface area contributed by atoms with Crippen molar-refractivity contribution >= 4 is 18.7 Å². The van der Waals surface area contributed by atoms with Gasteiger partial charge in [-0.25, -0.2) is 4.18 Å². The lowest BCUT2D eigenvalue weighted by Gasteiger charge is -2.65. The summed E-state index contributed by atoms with van der Waals surface area (Å²) in [5, 5.41) is 12.3. The van der Waals surface area contributed by atoms with E-state index in [0.29, 0.717) is 54.0 Å². The Morgan fingerprint density at radius 1 is 0.913 bits per heavy atom. The summed E-state index contributed by atoms with van der Waals surface area (Å²) >= 11 is 0. The number of rotatable bonds is 11. The molecule has 9 heteroatoms. The Balaban J connectivity index is 0.000000738. The van der Waals surface area contributed by atoms with Crippen molar-refractivity contribution in [2.45, 2.75) is 157 Å². The van der Waals surface area contributed by atoms with Crippen molar-refractivity contribution in [2.75, 3.05) is 26.2 Å². The zero-order valence-electron chi connectivity index (χ0n) is 31.8. The largest absolute Gasteiger partial charge is 0.414 e. The van der Waals surface area contributed by atoms with Crippen molar-refractivity contribution in [3.05, 3.63) is 0 Å². The monoisotopic (exact) mass is 687 g/mol. The quantitative estimate of drug-likeness (QED) is 0.166. The molecule has 0 aromatic carbocycles. The molecule has 3 unspecified atom stereocenters. The van der Waals surface area contributed by atoms with E-state index in [0.717, 1.165) is 32.1 Å². The van der Waals surface area contributed by atoms with E-state index in [1.807, 2.05) is 0 Å². The molecule has 0 aromatic heterocycles. The number of hydrogen-bond acceptors (Lipinski definition) is 6. The van der Waals surface area contributed by atoms with Crippen LogP contribution in [0.15, 0.2) is 0 Å². The Bertz CT molecular complexity index is 1070. The first kappa shape index (κ1) is 40.4. The van der Waals surface area contributed by atoms with Gasteiger partial charge in [0.1, 0.15) is 0 Å². The zero-order chi connectivity index (χ0) is 34.9. The lowest BCUT2D eigenvalue weighted by atomic mass is 9.41. The Hall–Kier alpha value is -0.0331. The van der Waals surface area contributed by atoms with Gasteiger partial charge in [-0.15, -0.1) is 0 Å². The van der Waals surface area contributed by atoms with Gasteiger partial charge in [-0.2, -0.15) is 8.42 Å². The van der Waals surface area contributed by atoms with Crippen molar-refractivity contribution in [3.63, 3.8) is 0 Å². The summed E-state index contributed by atoms with van der Waals surface area (Å²) in [7, 11) is -6.24. The van der Waals surface area contributed by atoms with Crippen LogP contribution in [-0.2, 0) is 19.0 Å². The van der Waals surface area contributed by atoms with Crippen molar-refractivity contribution in [2.24, 2.45) is 52.3 Å². The fourth-order valence-corrected chi connectivity index (χ4v) is 12.5. The molecule has 0 radical (unpaired) electrons. The molecule has 0 spiro atoms. The second-order valence-electron chi connectivity index (χ2n) is 17.6. The van der Waals surface area contributed by atoms with Gasteiger partial charge in [0.2, 0.25) is 0 Å². The summed E-state index contributed by atoms with van der Waals surface area (Å²) < 4.78 is 42.7. The van der Waals surface area contributed by atoms with Crippen LogP contribution in [0.3, 0.4) is 0 Å². The average Bonchev–Trinajstić information content (AvgIpc) is 3.31. The topological polar surface area (TPSA) is 96.3 Å². The van der Waals surface area contributed by atoms with Crippen LogP contribution < -0.4 is 0 Å². The normalized spacial score (nSPS) is 38.8. The maximum atomic E-state index is 12.1. The molecule has 4 aliphatic rings. The maximum absolute atomic E-state index is 12.1. The number of fused-ring (bicyclic) bond motifs is 5. The van der Waals surface area contributed by atoms with Gasteiger partial charge < -0.3 is 14.4 Å². The highest BCUT2D eigenvalue weighted by atomic mass is 32.3. The summed E-state index contributed by atoms with van der Waals surface area (Å²) in [6, 6.07) is 0. The first-order chi connectivity index (χ1) is 21.2. The van der Waals surface area contributed by atoms with E-state index in [-0.39, 0.29) is 28.6 Å². The third-order valence-corrected chi connectivity index (χ3v) is 19.5. The molecule has 4 fully saturated rings. The third kappa shape index (κ3) is 8.46. The minimum Gasteiger partial charge on any atom is -0.414 e. The zero-order valence-corrected chi connectivity index (χ0v) is 33.6. The first-order valence-electron chi connectivity index (χ1n) is 18.9. The Labute approximate surface area is 285 Å². The van der Waals surface area contributed by atoms with Gasteiger partial charge in [0.05, 0.1) is 12.7 Å². The lowest BCUT2D eigenvalue weighted by Crippen LogP contribution is -2.62. The van der Waals surface area contributed by atoms with E-state index in [2.05, 4.69) is 91.4 Å². The van der Waals surface area contributed by atoms with E-state index in [9.17, 15) is 13.5 Å². The number of nitrogens with zero attached hydrogens (tertiary/aromatic N) is 1. The predicted octanol–water partition coefficient (Wildman–Crippen LogP) is 8.84. The van der Waals surface area contributed by atoms with E-state index in [1.165, 1.54) is 38.9 Å². The standard InChI is InChI=1S/C31H58O6SSi.C6H15N/c1-10-22-26-19-21(37-39(8,9)29(3,4)5)13-16-31(26,7)25-14-17-30(6)23(11-12-24(30)27(25)28(22)32)20(2)15-18-36-38(33,34)35;1-4-7(5-2)6-3/h20-28,32H,10-19H2,1-9H3,(H,33,34,35);4-6H2,1-3H3/t20-,21-,22-,23-,24?,25?,26+,27?,28-,30-,31-;/m1./s1. The van der Waals surface area contributed by atoms with Gasteiger partial charge in [-0.1, -0.05) is 75.7 Å². The molecule has 0 aromatic rings. The first-order valence-corrected chi connectivity index (χ1v) is 23.2. The molecule has 11 atom stereocenters. The van der Waals surface area contributed by atoms with E-state index < -0.39 is 18.7 Å². The van der Waals surface area contributed by atoms with Crippen LogP contribution in [0.25, 0.3) is 0 Å². The second kappa shape index (κ2) is 15.5. The average molecular weight is 688 g/mol. The highest BCUT2D eigenvalue weighted by Crippen LogP contribution is 2.69. The summed E-state index contributed by atoms with van der Waals surface area (Å²) in [5.41, 5.74) is 0.413.